The van der Waals surface area contributed by atoms with Crippen LogP contribution >= 0.6 is 11.6 Å². The summed E-state index contributed by atoms with van der Waals surface area (Å²) in [6.45, 7) is 1.58. The van der Waals surface area contributed by atoms with Crippen molar-refractivity contribution in [3.05, 3.63) is 76.6 Å². The summed E-state index contributed by atoms with van der Waals surface area (Å²) < 4.78 is 24.4. The van der Waals surface area contributed by atoms with Crippen LogP contribution in [0.1, 0.15) is 46.2 Å². The molecule has 0 aromatic carbocycles. The minimum Gasteiger partial charge on any atom is -0.469 e. The number of fused-ring (bicyclic) bond motifs is 2. The lowest BCUT2D eigenvalue weighted by atomic mass is 9.99. The molecule has 5 aromatic heterocycles. The fourth-order valence-electron chi connectivity index (χ4n) is 5.19. The van der Waals surface area contributed by atoms with E-state index >= 15 is 0 Å². The van der Waals surface area contributed by atoms with Gasteiger partial charge in [-0.3, -0.25) is 9.59 Å². The number of halogens is 2. The summed E-state index contributed by atoms with van der Waals surface area (Å²) in [7, 11) is 1.41. The first kappa shape index (κ1) is 25.4. The van der Waals surface area contributed by atoms with Gasteiger partial charge in [-0.2, -0.15) is 5.10 Å². The van der Waals surface area contributed by atoms with Crippen molar-refractivity contribution >= 4 is 40.2 Å². The van der Waals surface area contributed by atoms with Crippen molar-refractivity contribution in [2.75, 3.05) is 25.1 Å². The predicted octanol–water partition coefficient (Wildman–Crippen LogP) is 2.83. The number of ether oxygens (including phenoxy) is 1. The van der Waals surface area contributed by atoms with Crippen molar-refractivity contribution in [2.24, 2.45) is 5.92 Å². The number of pyridine rings is 1. The van der Waals surface area contributed by atoms with Crippen molar-refractivity contribution in [2.45, 2.75) is 31.8 Å². The number of carbonyl (C=O) groups excluding carboxylic acids is 2. The van der Waals surface area contributed by atoms with Crippen LogP contribution in [0.15, 0.2) is 43.1 Å². The molecule has 2 aliphatic rings. The highest BCUT2D eigenvalue weighted by molar-refractivity contribution is 6.31. The number of nitrogens with zero attached hydrogens (tertiary/aromatic N) is 8. The lowest BCUT2D eigenvalue weighted by Crippen LogP contribution is -2.51. The minimum atomic E-state index is -0.596. The normalized spacial score (nSPS) is 15.4. The largest absolute Gasteiger partial charge is 0.469 e. The summed E-state index contributed by atoms with van der Waals surface area (Å²) in [5, 5.41) is 15.7. The first-order valence-electron chi connectivity index (χ1n) is 13.2. The number of carbonyl (C=O) groups is 2. The molecule has 0 radical (unpaired) electrons. The van der Waals surface area contributed by atoms with Crippen LogP contribution in [0.2, 0.25) is 5.02 Å². The molecule has 14 heteroatoms. The molecule has 1 amide bonds. The third-order valence-corrected chi connectivity index (χ3v) is 7.87. The Morgan fingerprint density at radius 1 is 1.22 bits per heavy atom. The lowest BCUT2D eigenvalue weighted by Gasteiger charge is -2.39. The van der Waals surface area contributed by atoms with E-state index in [0.29, 0.717) is 31.2 Å². The van der Waals surface area contributed by atoms with Gasteiger partial charge in [0, 0.05) is 31.4 Å². The number of methoxy groups -OCH3 is 1. The second-order valence-electron chi connectivity index (χ2n) is 10.4. The highest BCUT2D eigenvalue weighted by atomic mass is 35.5. The van der Waals surface area contributed by atoms with Crippen molar-refractivity contribution in [1.82, 2.24) is 39.3 Å². The van der Waals surface area contributed by atoms with Gasteiger partial charge in [-0.1, -0.05) is 16.8 Å². The van der Waals surface area contributed by atoms with Crippen LogP contribution in [0.5, 0.6) is 0 Å². The van der Waals surface area contributed by atoms with E-state index in [1.54, 1.807) is 17.1 Å². The van der Waals surface area contributed by atoms with E-state index in [0.717, 1.165) is 35.3 Å². The number of hydrogen-bond acceptors (Lipinski definition) is 8. The number of nitrogens with one attached hydrogen (secondary N) is 1. The summed E-state index contributed by atoms with van der Waals surface area (Å²) in [6.07, 6.45) is 8.82. The Labute approximate surface area is 237 Å². The maximum absolute atomic E-state index is 14.5. The second kappa shape index (κ2) is 9.84. The molecule has 6 heterocycles. The average molecular weight is 578 g/mol. The summed E-state index contributed by atoms with van der Waals surface area (Å²) in [4.78, 5) is 31.0. The number of anilines is 1. The number of esters is 1. The maximum atomic E-state index is 14.5. The van der Waals surface area contributed by atoms with E-state index in [9.17, 15) is 14.0 Å². The Morgan fingerprint density at radius 2 is 2.05 bits per heavy atom. The Morgan fingerprint density at radius 3 is 2.83 bits per heavy atom. The molecular weight excluding hydrogens is 553 g/mol. The average Bonchev–Trinajstić information content (AvgIpc) is 3.34. The Hall–Kier alpha value is -4.52. The zero-order valence-electron chi connectivity index (χ0n) is 22.0. The molecule has 7 rings (SSSR count). The number of aromatic nitrogens is 7. The van der Waals surface area contributed by atoms with E-state index < -0.39 is 11.7 Å². The number of imidazole rings is 1. The number of amides is 1. The van der Waals surface area contributed by atoms with Crippen LogP contribution in [0.3, 0.4) is 0 Å². The van der Waals surface area contributed by atoms with Gasteiger partial charge in [0.05, 0.1) is 66.3 Å². The third kappa shape index (κ3) is 4.65. The Bertz CT molecular complexity index is 1820. The third-order valence-electron chi connectivity index (χ3n) is 7.58. The van der Waals surface area contributed by atoms with Gasteiger partial charge in [0.15, 0.2) is 11.5 Å². The fourth-order valence-corrected chi connectivity index (χ4v) is 5.34. The van der Waals surface area contributed by atoms with Crippen molar-refractivity contribution in [3.63, 3.8) is 0 Å². The number of hydrogen-bond donors (Lipinski definition) is 1. The predicted molar refractivity (Wildman–Crippen MR) is 145 cm³/mol. The van der Waals surface area contributed by atoms with Gasteiger partial charge in [-0.25, -0.2) is 18.6 Å². The molecule has 0 bridgehead atoms. The molecule has 5 aromatic rings. The van der Waals surface area contributed by atoms with Crippen molar-refractivity contribution in [3.8, 4) is 0 Å². The molecule has 1 aliphatic heterocycles. The molecule has 1 saturated heterocycles. The van der Waals surface area contributed by atoms with Gasteiger partial charge >= 0.3 is 5.97 Å². The monoisotopic (exact) mass is 577 g/mol. The summed E-state index contributed by atoms with van der Waals surface area (Å²) in [6, 6.07) is 5.61. The first-order valence-corrected chi connectivity index (χ1v) is 13.6. The van der Waals surface area contributed by atoms with Crippen LogP contribution in [0.4, 0.5) is 10.1 Å². The minimum absolute atomic E-state index is 0.00452. The van der Waals surface area contributed by atoms with Gasteiger partial charge in [-0.15, -0.1) is 5.10 Å². The molecule has 1 aliphatic carbocycles. The van der Waals surface area contributed by atoms with Gasteiger partial charge < -0.3 is 19.4 Å². The van der Waals surface area contributed by atoms with Crippen molar-refractivity contribution < 1.29 is 18.7 Å². The van der Waals surface area contributed by atoms with Crippen LogP contribution < -0.4 is 10.2 Å². The molecule has 0 spiro atoms. The van der Waals surface area contributed by atoms with Crippen LogP contribution in [-0.4, -0.2) is 66.1 Å². The van der Waals surface area contributed by atoms with E-state index in [4.69, 9.17) is 21.4 Å². The summed E-state index contributed by atoms with van der Waals surface area (Å²) >= 11 is 5.90. The molecule has 41 heavy (non-hydrogen) atoms. The lowest BCUT2D eigenvalue weighted by molar-refractivity contribution is -0.146. The van der Waals surface area contributed by atoms with E-state index in [1.807, 2.05) is 16.8 Å². The van der Waals surface area contributed by atoms with Gasteiger partial charge in [0.25, 0.3) is 5.91 Å². The molecule has 12 nitrogen and oxygen atoms in total. The quantitative estimate of drug-likeness (QED) is 0.279. The van der Waals surface area contributed by atoms with Crippen molar-refractivity contribution in [1.29, 1.82) is 0 Å². The summed E-state index contributed by atoms with van der Waals surface area (Å²) in [5.74, 6) is -0.910. The van der Waals surface area contributed by atoms with Crippen LogP contribution in [-0.2, 0) is 22.6 Å². The zero-order chi connectivity index (χ0) is 28.2. The topological polar surface area (TPSA) is 124 Å². The Kier molecular flexibility index (Phi) is 6.11. The van der Waals surface area contributed by atoms with Gasteiger partial charge in [0.1, 0.15) is 5.52 Å². The van der Waals surface area contributed by atoms with E-state index in [-0.39, 0.29) is 34.7 Å². The molecule has 210 valence electrons. The van der Waals surface area contributed by atoms with Gasteiger partial charge in [-0.05, 0) is 36.6 Å². The van der Waals surface area contributed by atoms with Crippen LogP contribution in [0, 0.1) is 11.7 Å². The summed E-state index contributed by atoms with van der Waals surface area (Å²) in [5.41, 5.74) is 4.63. The van der Waals surface area contributed by atoms with Gasteiger partial charge in [0.2, 0.25) is 0 Å². The molecule has 1 N–H and O–H groups in total. The molecule has 1 saturated carbocycles. The Balaban J connectivity index is 1.06. The second-order valence-corrected chi connectivity index (χ2v) is 10.8. The molecular formula is C27H25ClFN9O3. The smallest absolute Gasteiger partial charge is 0.312 e. The fraction of sp³-hybridized carbons (Fsp3) is 0.333. The molecule has 0 unspecified atom stereocenters. The maximum Gasteiger partial charge on any atom is 0.312 e. The molecule has 0 atom stereocenters. The zero-order valence-corrected chi connectivity index (χ0v) is 22.8. The van der Waals surface area contributed by atoms with Crippen LogP contribution in [0.25, 0.3) is 11.0 Å². The van der Waals surface area contributed by atoms with E-state index in [1.165, 1.54) is 23.9 Å². The standard InChI is InChI=1S/C27H25ClFN9O3/c1-41-27(40)17-11-36(12-17)22-7-19(16-2-3-16)33-38-10-15(6-23(22)38)9-37-13-21(32-34-37)26(39)30-8-20-25-24(29)18(28)4-5-35(25)14-31-20/h4-7,10,13-14,16-17H,2-3,8-9,11-12H2,1H3,(H,30,39). The SMILES string of the molecule is COC(=O)C1CN(c2cc(C3CC3)nn3cc(Cn4cc(C(=O)NCc5ncn6ccc(Cl)c(F)c56)nn4)cc23)C1. The van der Waals surface area contributed by atoms with E-state index in [2.05, 4.69) is 31.6 Å². The highest BCUT2D eigenvalue weighted by Crippen LogP contribution is 2.41. The highest BCUT2D eigenvalue weighted by Gasteiger charge is 2.36. The first-order chi connectivity index (χ1) is 19.9. The molecule has 2 fully saturated rings. The number of rotatable bonds is 8.